The summed E-state index contributed by atoms with van der Waals surface area (Å²) in [6, 6.07) is 0. The Morgan fingerprint density at radius 2 is 2.27 bits per heavy atom. The lowest BCUT2D eigenvalue weighted by atomic mass is 10.1. The smallest absolute Gasteiger partial charge is 0.274 e. The van der Waals surface area contributed by atoms with Crippen molar-refractivity contribution in [2.24, 2.45) is 11.1 Å². The molecule has 22 heavy (non-hydrogen) atoms. The van der Waals surface area contributed by atoms with Crippen molar-refractivity contribution in [3.8, 4) is 0 Å². The SMILES string of the molecule is NS(=O)(=O)NCCC1CCN(c2ncnc3c2CC(=O)N3)C1. The molecule has 3 heterocycles. The molecule has 0 aromatic carbocycles. The highest BCUT2D eigenvalue weighted by Gasteiger charge is 2.29. The molecule has 10 heteroatoms. The number of carbonyl (C=O) groups excluding carboxylic acids is 1. The lowest BCUT2D eigenvalue weighted by molar-refractivity contribution is -0.115. The standard InChI is InChI=1S/C12H18N6O3S/c13-22(20,21)16-3-1-8-2-4-18(6-8)12-9-5-10(19)17-11(9)14-7-15-12/h7-8,16H,1-6H2,(H2,13,20,21)(H,14,15,17,19). The quantitative estimate of drug-likeness (QED) is 0.635. The number of anilines is 2. The number of rotatable bonds is 5. The van der Waals surface area contributed by atoms with Gasteiger partial charge in [0.2, 0.25) is 5.91 Å². The molecule has 120 valence electrons. The normalized spacial score (nSPS) is 21.0. The summed E-state index contributed by atoms with van der Waals surface area (Å²) in [5.74, 6) is 1.69. The first-order chi connectivity index (χ1) is 10.4. The van der Waals surface area contributed by atoms with E-state index in [1.54, 1.807) is 0 Å². The van der Waals surface area contributed by atoms with Crippen LogP contribution in [0.2, 0.25) is 0 Å². The molecule has 9 nitrogen and oxygen atoms in total. The Bertz CT molecular complexity index is 692. The van der Waals surface area contributed by atoms with Crippen LogP contribution < -0.4 is 20.1 Å². The van der Waals surface area contributed by atoms with Crippen molar-refractivity contribution in [3.63, 3.8) is 0 Å². The molecule has 1 amide bonds. The van der Waals surface area contributed by atoms with Crippen molar-refractivity contribution in [3.05, 3.63) is 11.9 Å². The second-order valence-corrected chi connectivity index (χ2v) is 6.96. The monoisotopic (exact) mass is 326 g/mol. The largest absolute Gasteiger partial charge is 0.356 e. The summed E-state index contributed by atoms with van der Waals surface area (Å²) in [6.45, 7) is 1.95. The van der Waals surface area contributed by atoms with Gasteiger partial charge in [-0.05, 0) is 18.8 Å². The van der Waals surface area contributed by atoms with E-state index in [0.29, 0.717) is 24.7 Å². The minimum atomic E-state index is -3.63. The van der Waals surface area contributed by atoms with Crippen molar-refractivity contribution in [1.29, 1.82) is 0 Å². The fourth-order valence-electron chi connectivity index (χ4n) is 2.95. The van der Waals surface area contributed by atoms with Crippen LogP contribution in [0.25, 0.3) is 0 Å². The molecule has 0 radical (unpaired) electrons. The van der Waals surface area contributed by atoms with E-state index >= 15 is 0 Å². The molecule has 1 atom stereocenters. The van der Waals surface area contributed by atoms with Gasteiger partial charge in [0.15, 0.2) is 0 Å². The third-order valence-corrected chi connectivity index (χ3v) is 4.57. The summed E-state index contributed by atoms with van der Waals surface area (Å²) in [7, 11) is -3.63. The molecule has 1 aromatic rings. The van der Waals surface area contributed by atoms with Crippen LogP contribution in [0, 0.1) is 5.92 Å². The van der Waals surface area contributed by atoms with E-state index in [1.165, 1.54) is 6.33 Å². The van der Waals surface area contributed by atoms with E-state index in [1.807, 2.05) is 0 Å². The van der Waals surface area contributed by atoms with Gasteiger partial charge in [-0.3, -0.25) is 4.79 Å². The highest BCUT2D eigenvalue weighted by molar-refractivity contribution is 7.87. The number of fused-ring (bicyclic) bond motifs is 1. The first-order valence-corrected chi connectivity index (χ1v) is 8.63. The molecular weight excluding hydrogens is 308 g/mol. The average Bonchev–Trinajstić information content (AvgIpc) is 3.02. The van der Waals surface area contributed by atoms with Crippen LogP contribution in [-0.2, 0) is 21.4 Å². The average molecular weight is 326 g/mol. The Hall–Kier alpha value is -1.78. The van der Waals surface area contributed by atoms with Gasteiger partial charge < -0.3 is 10.2 Å². The van der Waals surface area contributed by atoms with Crippen molar-refractivity contribution < 1.29 is 13.2 Å². The minimum Gasteiger partial charge on any atom is -0.356 e. The van der Waals surface area contributed by atoms with Crippen molar-refractivity contribution >= 4 is 27.8 Å². The fraction of sp³-hybridized carbons (Fsp3) is 0.583. The molecule has 0 saturated carbocycles. The highest BCUT2D eigenvalue weighted by Crippen LogP contribution is 2.32. The van der Waals surface area contributed by atoms with Crippen LogP contribution in [0.15, 0.2) is 6.33 Å². The Morgan fingerprint density at radius 1 is 1.45 bits per heavy atom. The van der Waals surface area contributed by atoms with Crippen LogP contribution in [0.1, 0.15) is 18.4 Å². The van der Waals surface area contributed by atoms with Gasteiger partial charge in [0, 0.05) is 25.2 Å². The number of nitrogens with one attached hydrogen (secondary N) is 2. The summed E-state index contributed by atoms with van der Waals surface area (Å²) in [5, 5.41) is 7.62. The lowest BCUT2D eigenvalue weighted by Gasteiger charge is -2.19. The van der Waals surface area contributed by atoms with Gasteiger partial charge in [-0.1, -0.05) is 0 Å². The zero-order chi connectivity index (χ0) is 15.7. The van der Waals surface area contributed by atoms with Gasteiger partial charge in [0.05, 0.1) is 6.42 Å². The molecule has 1 unspecified atom stereocenters. The predicted octanol–water partition coefficient (Wildman–Crippen LogP) is -1.02. The van der Waals surface area contributed by atoms with E-state index in [4.69, 9.17) is 5.14 Å². The number of hydrogen-bond acceptors (Lipinski definition) is 6. The number of hydrogen-bond donors (Lipinski definition) is 3. The topological polar surface area (TPSA) is 130 Å². The zero-order valence-electron chi connectivity index (χ0n) is 11.9. The van der Waals surface area contributed by atoms with Gasteiger partial charge in [0.1, 0.15) is 18.0 Å². The van der Waals surface area contributed by atoms with Gasteiger partial charge in [-0.2, -0.15) is 8.42 Å². The number of nitrogens with zero attached hydrogens (tertiary/aromatic N) is 3. The van der Waals surface area contributed by atoms with Gasteiger partial charge in [-0.25, -0.2) is 19.8 Å². The molecule has 3 rings (SSSR count). The van der Waals surface area contributed by atoms with Crippen LogP contribution in [0.4, 0.5) is 11.6 Å². The van der Waals surface area contributed by atoms with E-state index in [9.17, 15) is 13.2 Å². The summed E-state index contributed by atoms with van der Waals surface area (Å²) < 4.78 is 24.0. The van der Waals surface area contributed by atoms with Gasteiger partial charge >= 0.3 is 0 Å². The van der Waals surface area contributed by atoms with Gasteiger partial charge in [-0.15, -0.1) is 0 Å². The third-order valence-electron chi connectivity index (χ3n) is 3.96. The highest BCUT2D eigenvalue weighted by atomic mass is 32.2. The molecule has 2 aliphatic heterocycles. The van der Waals surface area contributed by atoms with E-state index in [2.05, 4.69) is 24.9 Å². The maximum Gasteiger partial charge on any atom is 0.274 e. The summed E-state index contributed by atoms with van der Waals surface area (Å²) >= 11 is 0. The molecule has 0 bridgehead atoms. The third kappa shape index (κ3) is 3.34. The lowest BCUT2D eigenvalue weighted by Crippen LogP contribution is -2.32. The number of carbonyl (C=O) groups is 1. The first-order valence-electron chi connectivity index (χ1n) is 7.08. The van der Waals surface area contributed by atoms with E-state index < -0.39 is 10.2 Å². The van der Waals surface area contributed by atoms with Crippen LogP contribution in [0.5, 0.6) is 0 Å². The maximum absolute atomic E-state index is 11.5. The zero-order valence-corrected chi connectivity index (χ0v) is 12.8. The second-order valence-electron chi connectivity index (χ2n) is 5.58. The summed E-state index contributed by atoms with van der Waals surface area (Å²) in [5.41, 5.74) is 0.843. The molecule has 2 aliphatic rings. The van der Waals surface area contributed by atoms with E-state index in [-0.39, 0.29) is 5.91 Å². The van der Waals surface area contributed by atoms with Gasteiger partial charge in [0.25, 0.3) is 10.2 Å². The second kappa shape index (κ2) is 5.78. The minimum absolute atomic E-state index is 0.0650. The van der Waals surface area contributed by atoms with Crippen molar-refractivity contribution in [2.45, 2.75) is 19.3 Å². The van der Waals surface area contributed by atoms with Crippen LogP contribution >= 0.6 is 0 Å². The number of nitrogens with two attached hydrogens (primary N) is 1. The summed E-state index contributed by atoms with van der Waals surface area (Å²) in [4.78, 5) is 22.0. The van der Waals surface area contributed by atoms with Crippen LogP contribution in [-0.4, -0.2) is 43.9 Å². The van der Waals surface area contributed by atoms with Crippen molar-refractivity contribution in [1.82, 2.24) is 14.7 Å². The molecule has 1 aromatic heterocycles. The molecule has 0 aliphatic carbocycles. The predicted molar refractivity (Wildman–Crippen MR) is 80.4 cm³/mol. The maximum atomic E-state index is 11.5. The number of aromatic nitrogens is 2. The molecule has 1 fully saturated rings. The van der Waals surface area contributed by atoms with Crippen LogP contribution in [0.3, 0.4) is 0 Å². The Labute approximate surface area is 128 Å². The molecule has 4 N–H and O–H groups in total. The fourth-order valence-corrected chi connectivity index (χ4v) is 3.35. The Morgan fingerprint density at radius 3 is 3.05 bits per heavy atom. The molecule has 0 spiro atoms. The Balaban J connectivity index is 1.62. The number of amides is 1. The Kier molecular flexibility index (Phi) is 3.98. The molecular formula is C12H18N6O3S. The first kappa shape index (κ1) is 15.1. The molecule has 1 saturated heterocycles. The van der Waals surface area contributed by atoms with E-state index in [0.717, 1.165) is 37.3 Å². The van der Waals surface area contributed by atoms with Crippen molar-refractivity contribution in [2.75, 3.05) is 29.9 Å². The summed E-state index contributed by atoms with van der Waals surface area (Å²) in [6.07, 6.45) is 3.43.